The van der Waals surface area contributed by atoms with E-state index in [1.807, 2.05) is 6.07 Å². The summed E-state index contributed by atoms with van der Waals surface area (Å²) in [5.74, 6) is -0.397. The van der Waals surface area contributed by atoms with E-state index in [1.165, 1.54) is 23.6 Å². The number of hydrogen-bond acceptors (Lipinski definition) is 4. The Labute approximate surface area is 110 Å². The molecule has 90 valence electrons. The second-order valence-corrected chi connectivity index (χ2v) is 5.29. The number of aromatic carboxylic acids is 1. The Bertz CT molecular complexity index is 750. The molecule has 7 heteroatoms. The van der Waals surface area contributed by atoms with E-state index < -0.39 is 5.97 Å². The summed E-state index contributed by atoms with van der Waals surface area (Å²) in [7, 11) is 0. The van der Waals surface area contributed by atoms with Crippen molar-refractivity contribution in [2.45, 2.75) is 0 Å². The van der Waals surface area contributed by atoms with Gasteiger partial charge in [0.1, 0.15) is 0 Å². The first-order valence-corrected chi connectivity index (χ1v) is 6.18. The molecule has 3 rings (SSSR count). The van der Waals surface area contributed by atoms with Gasteiger partial charge in [0.05, 0.1) is 14.8 Å². The number of hydrogen-bond donors (Lipinski definition) is 1. The van der Waals surface area contributed by atoms with Gasteiger partial charge >= 0.3 is 5.97 Å². The zero-order valence-electron chi connectivity index (χ0n) is 8.87. The van der Waals surface area contributed by atoms with Crippen molar-refractivity contribution >= 4 is 34.6 Å². The Kier molecular flexibility index (Phi) is 2.53. The topological polar surface area (TPSA) is 67.5 Å². The Morgan fingerprint density at radius 2 is 2.11 bits per heavy atom. The number of carbonyl (C=O) groups is 1. The minimum absolute atomic E-state index is 0.186. The number of nitrogens with zero attached hydrogens (tertiary/aromatic N) is 3. The molecule has 0 aliphatic carbocycles. The van der Waals surface area contributed by atoms with Crippen LogP contribution in [0.25, 0.3) is 16.3 Å². The van der Waals surface area contributed by atoms with Crippen LogP contribution in [-0.2, 0) is 0 Å². The molecule has 1 N–H and O–H groups in total. The average Bonchev–Trinajstić information content (AvgIpc) is 2.93. The molecule has 0 aliphatic heterocycles. The van der Waals surface area contributed by atoms with Crippen LogP contribution in [0.5, 0.6) is 0 Å². The smallest absolute Gasteiger partial charge is 0.337 e. The van der Waals surface area contributed by atoms with Crippen LogP contribution in [-0.4, -0.2) is 25.7 Å². The molecule has 3 heterocycles. The highest BCUT2D eigenvalue weighted by Gasteiger charge is 2.12. The molecule has 0 spiro atoms. The molecule has 0 amide bonds. The first-order valence-electron chi connectivity index (χ1n) is 4.99. The highest BCUT2D eigenvalue weighted by Crippen LogP contribution is 2.30. The number of carboxylic acid groups (broad SMARTS) is 1. The van der Waals surface area contributed by atoms with E-state index in [-0.39, 0.29) is 5.56 Å². The molecule has 0 radical (unpaired) electrons. The highest BCUT2D eigenvalue weighted by molar-refractivity contribution is 7.19. The minimum atomic E-state index is -0.985. The average molecular weight is 280 g/mol. The van der Waals surface area contributed by atoms with Gasteiger partial charge in [0, 0.05) is 6.20 Å². The zero-order chi connectivity index (χ0) is 12.7. The van der Waals surface area contributed by atoms with Gasteiger partial charge in [0.25, 0.3) is 0 Å². The number of thiophene rings is 1. The first kappa shape index (κ1) is 11.2. The van der Waals surface area contributed by atoms with E-state index in [2.05, 4.69) is 10.2 Å². The largest absolute Gasteiger partial charge is 0.478 e. The molecule has 18 heavy (non-hydrogen) atoms. The van der Waals surface area contributed by atoms with Crippen molar-refractivity contribution in [1.29, 1.82) is 0 Å². The summed E-state index contributed by atoms with van der Waals surface area (Å²) < 4.78 is 2.29. The van der Waals surface area contributed by atoms with E-state index in [0.29, 0.717) is 15.8 Å². The number of halogens is 1. The predicted molar refractivity (Wildman–Crippen MR) is 68.3 cm³/mol. The number of rotatable bonds is 2. The van der Waals surface area contributed by atoms with Crippen LogP contribution in [0.1, 0.15) is 10.4 Å². The number of pyridine rings is 1. The van der Waals surface area contributed by atoms with Gasteiger partial charge in [-0.25, -0.2) is 4.79 Å². The lowest BCUT2D eigenvalue weighted by atomic mass is 10.3. The van der Waals surface area contributed by atoms with E-state index in [4.69, 9.17) is 16.7 Å². The fourth-order valence-corrected chi connectivity index (χ4v) is 2.64. The molecule has 3 aromatic heterocycles. The van der Waals surface area contributed by atoms with Crippen LogP contribution in [0.2, 0.25) is 4.34 Å². The van der Waals surface area contributed by atoms with Gasteiger partial charge in [-0.1, -0.05) is 11.6 Å². The molecule has 0 unspecified atom stereocenters. The van der Waals surface area contributed by atoms with Crippen molar-refractivity contribution in [3.63, 3.8) is 0 Å². The minimum Gasteiger partial charge on any atom is -0.478 e. The van der Waals surface area contributed by atoms with Crippen molar-refractivity contribution in [2.24, 2.45) is 0 Å². The molecule has 0 bridgehead atoms. The van der Waals surface area contributed by atoms with Crippen LogP contribution < -0.4 is 0 Å². The fraction of sp³-hybridized carbons (Fsp3) is 0. The van der Waals surface area contributed by atoms with Gasteiger partial charge in [0.15, 0.2) is 11.5 Å². The van der Waals surface area contributed by atoms with Gasteiger partial charge in [0.2, 0.25) is 0 Å². The molecule has 0 aromatic carbocycles. The summed E-state index contributed by atoms with van der Waals surface area (Å²) in [5.41, 5.74) is 0.783. The summed E-state index contributed by atoms with van der Waals surface area (Å²) in [6, 6.07) is 6.72. The Hall–Kier alpha value is -1.92. The molecule has 0 atom stereocenters. The summed E-state index contributed by atoms with van der Waals surface area (Å²) >= 11 is 7.25. The normalized spacial score (nSPS) is 10.9. The van der Waals surface area contributed by atoms with Crippen LogP contribution in [0.3, 0.4) is 0 Å². The van der Waals surface area contributed by atoms with Crippen molar-refractivity contribution < 1.29 is 9.90 Å². The molecule has 0 fully saturated rings. The highest BCUT2D eigenvalue weighted by atomic mass is 35.5. The van der Waals surface area contributed by atoms with Crippen LogP contribution >= 0.6 is 22.9 Å². The fourth-order valence-electron chi connectivity index (χ4n) is 1.62. The van der Waals surface area contributed by atoms with Crippen LogP contribution in [0.15, 0.2) is 30.5 Å². The number of fused-ring (bicyclic) bond motifs is 1. The summed E-state index contributed by atoms with van der Waals surface area (Å²) in [6.07, 6.45) is 1.50. The maximum Gasteiger partial charge on any atom is 0.337 e. The molecule has 5 nitrogen and oxygen atoms in total. The third-order valence-corrected chi connectivity index (χ3v) is 3.67. The predicted octanol–water partition coefficient (Wildman–Crippen LogP) is 2.81. The maximum atomic E-state index is 10.9. The third-order valence-electron chi connectivity index (χ3n) is 2.44. The second-order valence-electron chi connectivity index (χ2n) is 3.58. The summed E-state index contributed by atoms with van der Waals surface area (Å²) in [4.78, 5) is 11.8. The molecule has 3 aromatic rings. The first-order chi connectivity index (χ1) is 8.65. The van der Waals surface area contributed by atoms with Gasteiger partial charge in [-0.05, 0) is 24.3 Å². The molecular weight excluding hydrogens is 274 g/mol. The molecular formula is C11H6ClN3O2S. The maximum absolute atomic E-state index is 10.9. The van der Waals surface area contributed by atoms with E-state index >= 15 is 0 Å². The van der Waals surface area contributed by atoms with Crippen molar-refractivity contribution in [3.05, 3.63) is 40.4 Å². The van der Waals surface area contributed by atoms with Gasteiger partial charge in [-0.2, -0.15) is 0 Å². The van der Waals surface area contributed by atoms with Crippen molar-refractivity contribution in [1.82, 2.24) is 14.6 Å². The van der Waals surface area contributed by atoms with E-state index in [9.17, 15) is 4.79 Å². The Morgan fingerprint density at radius 1 is 1.28 bits per heavy atom. The van der Waals surface area contributed by atoms with Gasteiger partial charge < -0.3 is 5.11 Å². The molecule has 0 saturated carbocycles. The quantitative estimate of drug-likeness (QED) is 0.783. The number of aromatic nitrogens is 3. The third kappa shape index (κ3) is 1.75. The van der Waals surface area contributed by atoms with E-state index in [0.717, 1.165) is 4.88 Å². The van der Waals surface area contributed by atoms with Gasteiger partial charge in [-0.3, -0.25) is 4.40 Å². The molecule has 0 saturated heterocycles. The monoisotopic (exact) mass is 279 g/mol. The Balaban J connectivity index is 2.23. The van der Waals surface area contributed by atoms with Crippen LogP contribution in [0.4, 0.5) is 0 Å². The van der Waals surface area contributed by atoms with Crippen molar-refractivity contribution in [2.75, 3.05) is 0 Å². The lowest BCUT2D eigenvalue weighted by Gasteiger charge is -1.98. The standard InChI is InChI=1S/C11H6ClN3O2S/c12-8-3-2-7(18-8)10-14-13-9-4-1-6(11(16)17)5-15(9)10/h1-5H,(H,16,17). The van der Waals surface area contributed by atoms with Crippen molar-refractivity contribution in [3.8, 4) is 10.7 Å². The number of carboxylic acids is 1. The summed E-state index contributed by atoms with van der Waals surface area (Å²) in [6.45, 7) is 0. The Morgan fingerprint density at radius 3 is 2.78 bits per heavy atom. The van der Waals surface area contributed by atoms with Gasteiger partial charge in [-0.15, -0.1) is 21.5 Å². The zero-order valence-corrected chi connectivity index (χ0v) is 10.4. The van der Waals surface area contributed by atoms with E-state index in [1.54, 1.807) is 16.5 Å². The SMILES string of the molecule is O=C(O)c1ccc2nnc(-c3ccc(Cl)s3)n2c1. The lowest BCUT2D eigenvalue weighted by molar-refractivity contribution is 0.0696. The second kappa shape index (κ2) is 4.08. The van der Waals surface area contributed by atoms with Crippen LogP contribution in [0, 0.1) is 0 Å². The lowest BCUT2D eigenvalue weighted by Crippen LogP contribution is -1.99. The summed E-state index contributed by atoms with van der Waals surface area (Å²) in [5, 5.41) is 17.0. The molecule has 0 aliphatic rings.